The van der Waals surface area contributed by atoms with E-state index in [1.165, 1.54) is 18.2 Å². The predicted octanol–water partition coefficient (Wildman–Crippen LogP) is 3.37. The molecule has 0 bridgehead atoms. The van der Waals surface area contributed by atoms with E-state index in [9.17, 15) is 14.9 Å². The minimum atomic E-state index is -0.475. The van der Waals surface area contributed by atoms with Gasteiger partial charge in [0.25, 0.3) is 11.6 Å². The second-order valence-electron chi connectivity index (χ2n) is 4.82. The van der Waals surface area contributed by atoms with Crippen molar-refractivity contribution in [3.05, 3.63) is 68.7 Å². The number of aryl methyl sites for hydroxylation is 1. The van der Waals surface area contributed by atoms with Crippen molar-refractivity contribution in [2.24, 2.45) is 0 Å². The summed E-state index contributed by atoms with van der Waals surface area (Å²) in [6.45, 7) is 2.22. The summed E-state index contributed by atoms with van der Waals surface area (Å²) in [4.78, 5) is 22.3. The van der Waals surface area contributed by atoms with Gasteiger partial charge < -0.3 is 10.1 Å². The molecule has 2 rings (SSSR count). The zero-order chi connectivity index (χ0) is 16.8. The lowest BCUT2D eigenvalue weighted by molar-refractivity contribution is -0.385. The molecule has 120 valence electrons. The van der Waals surface area contributed by atoms with Gasteiger partial charge in [0.2, 0.25) is 0 Å². The Balaban J connectivity index is 1.84. The maximum atomic E-state index is 12.0. The number of nitrogens with one attached hydrogen (secondary N) is 1. The van der Waals surface area contributed by atoms with E-state index in [-0.39, 0.29) is 11.6 Å². The highest BCUT2D eigenvalue weighted by Gasteiger charge is 2.13. The number of rotatable bonds is 6. The van der Waals surface area contributed by atoms with Crippen LogP contribution >= 0.6 is 11.6 Å². The van der Waals surface area contributed by atoms with Gasteiger partial charge in [-0.15, -0.1) is 0 Å². The predicted molar refractivity (Wildman–Crippen MR) is 87.1 cm³/mol. The lowest BCUT2D eigenvalue weighted by Gasteiger charge is -2.08. The maximum Gasteiger partial charge on any atom is 0.272 e. The number of nitro groups is 1. The molecular weight excluding hydrogens is 320 g/mol. The number of benzene rings is 2. The number of carbonyl (C=O) groups excluding carboxylic acids is 1. The van der Waals surface area contributed by atoms with Gasteiger partial charge in [-0.25, -0.2) is 0 Å². The molecule has 0 saturated carbocycles. The van der Waals surface area contributed by atoms with Crippen LogP contribution < -0.4 is 10.1 Å². The fourth-order valence-corrected chi connectivity index (χ4v) is 2.09. The van der Waals surface area contributed by atoms with Crippen LogP contribution in [0.3, 0.4) is 0 Å². The Bertz CT molecular complexity index is 717. The SMILES string of the molecule is Cc1cc(C(=O)NCCOc2ccc(Cl)cc2)ccc1[N+](=O)[O-]. The van der Waals surface area contributed by atoms with Gasteiger partial charge in [0.15, 0.2) is 0 Å². The third kappa shape index (κ3) is 4.69. The Morgan fingerprint density at radius 1 is 1.26 bits per heavy atom. The molecule has 0 aliphatic heterocycles. The molecule has 1 N–H and O–H groups in total. The first-order valence-electron chi connectivity index (χ1n) is 6.89. The summed E-state index contributed by atoms with van der Waals surface area (Å²) < 4.78 is 5.46. The number of nitro benzene ring substituents is 1. The van der Waals surface area contributed by atoms with Gasteiger partial charge in [0.05, 0.1) is 11.5 Å². The number of halogens is 1. The van der Waals surface area contributed by atoms with Crippen molar-refractivity contribution in [3.63, 3.8) is 0 Å². The van der Waals surface area contributed by atoms with E-state index >= 15 is 0 Å². The molecule has 0 saturated heterocycles. The fraction of sp³-hybridized carbons (Fsp3) is 0.188. The van der Waals surface area contributed by atoms with Crippen molar-refractivity contribution in [2.75, 3.05) is 13.2 Å². The molecule has 7 heteroatoms. The topological polar surface area (TPSA) is 81.5 Å². The molecule has 0 spiro atoms. The summed E-state index contributed by atoms with van der Waals surface area (Å²) in [5.74, 6) is 0.359. The van der Waals surface area contributed by atoms with Crippen LogP contribution in [0.2, 0.25) is 5.02 Å². The van der Waals surface area contributed by atoms with Crippen LogP contribution in [0, 0.1) is 17.0 Å². The number of ether oxygens (including phenoxy) is 1. The van der Waals surface area contributed by atoms with E-state index < -0.39 is 4.92 Å². The summed E-state index contributed by atoms with van der Waals surface area (Å²) >= 11 is 5.77. The third-order valence-corrected chi connectivity index (χ3v) is 3.38. The third-order valence-electron chi connectivity index (χ3n) is 3.13. The Morgan fingerprint density at radius 2 is 1.96 bits per heavy atom. The molecule has 0 aliphatic rings. The molecule has 0 unspecified atom stereocenters. The molecule has 6 nitrogen and oxygen atoms in total. The molecule has 2 aromatic carbocycles. The van der Waals surface area contributed by atoms with Crippen LogP contribution in [0.15, 0.2) is 42.5 Å². The summed E-state index contributed by atoms with van der Waals surface area (Å²) in [6, 6.07) is 11.2. The van der Waals surface area contributed by atoms with Crippen molar-refractivity contribution in [3.8, 4) is 5.75 Å². The quantitative estimate of drug-likeness (QED) is 0.499. The Hall–Kier alpha value is -2.60. The van der Waals surface area contributed by atoms with Crippen LogP contribution in [-0.4, -0.2) is 24.0 Å². The van der Waals surface area contributed by atoms with Crippen molar-refractivity contribution in [1.29, 1.82) is 0 Å². The van der Waals surface area contributed by atoms with Gasteiger partial charge >= 0.3 is 0 Å². The lowest BCUT2D eigenvalue weighted by atomic mass is 10.1. The monoisotopic (exact) mass is 334 g/mol. The second kappa shape index (κ2) is 7.60. The molecule has 0 atom stereocenters. The summed E-state index contributed by atoms with van der Waals surface area (Å²) in [7, 11) is 0. The molecule has 0 aromatic heterocycles. The van der Waals surface area contributed by atoms with E-state index in [4.69, 9.17) is 16.3 Å². The average molecular weight is 335 g/mol. The average Bonchev–Trinajstić information content (AvgIpc) is 2.52. The van der Waals surface area contributed by atoms with E-state index in [2.05, 4.69) is 5.32 Å². The maximum absolute atomic E-state index is 12.0. The Labute approximate surface area is 138 Å². The molecule has 2 aromatic rings. The van der Waals surface area contributed by atoms with Crippen molar-refractivity contribution in [2.45, 2.75) is 6.92 Å². The highest BCUT2D eigenvalue weighted by molar-refractivity contribution is 6.30. The minimum absolute atomic E-state index is 0.00683. The smallest absolute Gasteiger partial charge is 0.272 e. The van der Waals surface area contributed by atoms with Crippen LogP contribution in [0.5, 0.6) is 5.75 Å². The van der Waals surface area contributed by atoms with Gasteiger partial charge in [-0.2, -0.15) is 0 Å². The van der Waals surface area contributed by atoms with Crippen molar-refractivity contribution >= 4 is 23.2 Å². The molecule has 0 radical (unpaired) electrons. The second-order valence-corrected chi connectivity index (χ2v) is 5.25. The number of nitrogens with zero attached hydrogens (tertiary/aromatic N) is 1. The number of amides is 1. The van der Waals surface area contributed by atoms with Crippen LogP contribution in [0.4, 0.5) is 5.69 Å². The molecule has 0 aliphatic carbocycles. The van der Waals surface area contributed by atoms with E-state index in [1.54, 1.807) is 31.2 Å². The summed E-state index contributed by atoms with van der Waals surface area (Å²) in [6.07, 6.45) is 0. The highest BCUT2D eigenvalue weighted by atomic mass is 35.5. The van der Waals surface area contributed by atoms with Crippen LogP contribution in [0.25, 0.3) is 0 Å². The molecule has 1 amide bonds. The van der Waals surface area contributed by atoms with E-state index in [0.29, 0.717) is 35.1 Å². The van der Waals surface area contributed by atoms with Crippen molar-refractivity contribution in [1.82, 2.24) is 5.32 Å². The van der Waals surface area contributed by atoms with Crippen LogP contribution in [0.1, 0.15) is 15.9 Å². The van der Waals surface area contributed by atoms with Crippen LogP contribution in [-0.2, 0) is 0 Å². The van der Waals surface area contributed by atoms with Gasteiger partial charge in [0.1, 0.15) is 12.4 Å². The zero-order valence-electron chi connectivity index (χ0n) is 12.4. The summed E-state index contributed by atoms with van der Waals surface area (Å²) in [5.41, 5.74) is 0.812. The van der Waals surface area contributed by atoms with Crippen molar-refractivity contribution < 1.29 is 14.5 Å². The van der Waals surface area contributed by atoms with Gasteiger partial charge in [-0.1, -0.05) is 11.6 Å². The molecule has 0 fully saturated rings. The summed E-state index contributed by atoms with van der Waals surface area (Å²) in [5, 5.41) is 14.1. The van der Waals surface area contributed by atoms with Gasteiger partial charge in [0, 0.05) is 22.2 Å². The lowest BCUT2D eigenvalue weighted by Crippen LogP contribution is -2.28. The number of hydrogen-bond acceptors (Lipinski definition) is 4. The minimum Gasteiger partial charge on any atom is -0.492 e. The zero-order valence-corrected chi connectivity index (χ0v) is 13.2. The Morgan fingerprint density at radius 3 is 2.57 bits per heavy atom. The first-order valence-corrected chi connectivity index (χ1v) is 7.27. The van der Waals surface area contributed by atoms with Gasteiger partial charge in [-0.05, 0) is 43.3 Å². The first kappa shape index (κ1) is 16.8. The number of hydrogen-bond donors (Lipinski definition) is 1. The largest absolute Gasteiger partial charge is 0.492 e. The number of carbonyl (C=O) groups is 1. The highest BCUT2D eigenvalue weighted by Crippen LogP contribution is 2.18. The normalized spacial score (nSPS) is 10.2. The molecule has 23 heavy (non-hydrogen) atoms. The van der Waals surface area contributed by atoms with Gasteiger partial charge in [-0.3, -0.25) is 14.9 Å². The Kier molecular flexibility index (Phi) is 5.54. The molecular formula is C16H15ClN2O4. The molecule has 0 heterocycles. The van der Waals surface area contributed by atoms with E-state index in [0.717, 1.165) is 0 Å². The standard InChI is InChI=1S/C16H15ClN2O4/c1-11-10-12(2-7-15(11)19(21)22)16(20)18-8-9-23-14-5-3-13(17)4-6-14/h2-7,10H,8-9H2,1H3,(H,18,20). The first-order chi connectivity index (χ1) is 11.0. The fourth-order valence-electron chi connectivity index (χ4n) is 1.97. The van der Waals surface area contributed by atoms with E-state index in [1.807, 2.05) is 0 Å².